The summed E-state index contributed by atoms with van der Waals surface area (Å²) < 4.78 is 156. The molecule has 18 rings (SSSR count). The van der Waals surface area contributed by atoms with Crippen LogP contribution in [0, 0.1) is 0 Å². The van der Waals surface area contributed by atoms with Crippen LogP contribution in [0.5, 0.6) is 0 Å². The standard InChI is InChI=1S/2C44H28O/c1-3-12-29(13-4-1)31-16-11-17-32(26-31)33-22-24-41-39(27-33)40-28-34(23-25-42(40)45-41)44-37-20-9-7-18-35(37)43(30-14-5-2-6-15-30)36-19-8-10-21-38(36)44;1-3-14-29(15-4-1)32-18-7-8-19-33(32)34-24-13-25-41-44(34)39-28-31(26-27-40(39)45-41)43-37-22-11-9-20-35(37)42(30-16-5-2-6-17-30)36-21-10-12-23-38(36)43/h2*1-28H/i7D,8D,9D,10D,18D,19D,20D,21D;9D,10D,11D,12D,20D,21D,22D,23D. The molecule has 0 atom stereocenters. The van der Waals surface area contributed by atoms with Gasteiger partial charge in [0, 0.05) is 21.5 Å². The van der Waals surface area contributed by atoms with Gasteiger partial charge in [0.2, 0.25) is 0 Å². The second kappa shape index (κ2) is 22.1. The highest BCUT2D eigenvalue weighted by Crippen LogP contribution is 2.48. The first kappa shape index (κ1) is 38.3. The third-order valence-electron chi connectivity index (χ3n) is 17.0. The van der Waals surface area contributed by atoms with Crippen LogP contribution in [0.1, 0.15) is 21.9 Å². The van der Waals surface area contributed by atoms with Crippen molar-refractivity contribution in [2.45, 2.75) is 0 Å². The maximum Gasteiger partial charge on any atom is 0.136 e. The summed E-state index contributed by atoms with van der Waals surface area (Å²) in [6.45, 7) is 0. The lowest BCUT2D eigenvalue weighted by Crippen LogP contribution is -1.90. The SMILES string of the molecule is [2H]c1c([2H])c([2H])c2c(-c3ccc4oc5ccc(-c6cccc(-c7ccccc7)c6)cc5c4c3)c3c([2H])c([2H])c([2H])c([2H])c3c(-c3ccccc3)c2c1[2H].[2H]c1c([2H])c([2H])c2c(-c3ccc4oc5cccc(-c6ccccc6-c6ccccc6)c5c4c3)c3c([2H])c([2H])c([2H])c([2H])c3c(-c3ccccc3)c2c1[2H]. The van der Waals surface area contributed by atoms with E-state index in [1.165, 1.54) is 0 Å². The number of benzene rings is 16. The van der Waals surface area contributed by atoms with E-state index in [2.05, 4.69) is 66.7 Å². The summed E-state index contributed by atoms with van der Waals surface area (Å²) in [6.07, 6.45) is 0. The Balaban J connectivity index is 0.000000156. The smallest absolute Gasteiger partial charge is 0.136 e. The zero-order valence-corrected chi connectivity index (χ0v) is 47.9. The third-order valence-corrected chi connectivity index (χ3v) is 17.0. The van der Waals surface area contributed by atoms with Crippen LogP contribution in [0.25, 0.3) is 176 Å². The molecule has 2 nitrogen and oxygen atoms in total. The van der Waals surface area contributed by atoms with E-state index in [0.717, 1.165) is 66.1 Å². The minimum atomic E-state index is -0.433. The molecule has 0 aliphatic heterocycles. The highest BCUT2D eigenvalue weighted by molar-refractivity contribution is 6.24. The predicted octanol–water partition coefficient (Wildman–Crippen LogP) is 25.1. The van der Waals surface area contributed by atoms with Crippen molar-refractivity contribution in [3.8, 4) is 89.0 Å². The molecule has 420 valence electrons. The molecule has 0 saturated carbocycles. The Morgan fingerprint density at radius 1 is 0.189 bits per heavy atom. The van der Waals surface area contributed by atoms with Crippen LogP contribution in [0.3, 0.4) is 0 Å². The minimum absolute atomic E-state index is 0.175. The van der Waals surface area contributed by atoms with Crippen molar-refractivity contribution >= 4 is 87.0 Å². The van der Waals surface area contributed by atoms with Gasteiger partial charge in [-0.25, -0.2) is 0 Å². The quantitative estimate of drug-likeness (QED) is 0.142. The van der Waals surface area contributed by atoms with E-state index in [-0.39, 0.29) is 91.4 Å². The van der Waals surface area contributed by atoms with Crippen LogP contribution >= 0.6 is 0 Å². The molecule has 0 aliphatic rings. The van der Waals surface area contributed by atoms with Crippen molar-refractivity contribution in [1.82, 2.24) is 0 Å². The Kier molecular flexibility index (Phi) is 9.44. The van der Waals surface area contributed by atoms with Crippen molar-refractivity contribution in [3.05, 3.63) is 339 Å². The molecular formula is C88H56O2. The van der Waals surface area contributed by atoms with Gasteiger partial charge in [0.15, 0.2) is 0 Å². The van der Waals surface area contributed by atoms with Crippen LogP contribution in [0.15, 0.2) is 348 Å². The summed E-state index contributed by atoms with van der Waals surface area (Å²) in [4.78, 5) is 0. The van der Waals surface area contributed by atoms with Gasteiger partial charge in [0.1, 0.15) is 22.3 Å². The number of furan rings is 2. The number of hydrogen-bond acceptors (Lipinski definition) is 2. The molecule has 90 heavy (non-hydrogen) atoms. The fourth-order valence-electron chi connectivity index (χ4n) is 13.0. The van der Waals surface area contributed by atoms with Gasteiger partial charge in [-0.1, -0.05) is 291 Å². The second-order valence-electron chi connectivity index (χ2n) is 22.1. The highest BCUT2D eigenvalue weighted by Gasteiger charge is 2.22. The van der Waals surface area contributed by atoms with E-state index in [9.17, 15) is 8.22 Å². The van der Waals surface area contributed by atoms with Gasteiger partial charge < -0.3 is 8.83 Å². The Labute approximate surface area is 543 Å². The van der Waals surface area contributed by atoms with Gasteiger partial charge in [-0.05, 0) is 181 Å². The van der Waals surface area contributed by atoms with Gasteiger partial charge in [-0.15, -0.1) is 0 Å². The fraction of sp³-hybridized carbons (Fsp3) is 0. The average Bonchev–Trinajstić information content (AvgIpc) is 0.731. The fourth-order valence-corrected chi connectivity index (χ4v) is 13.0. The van der Waals surface area contributed by atoms with Crippen molar-refractivity contribution in [2.24, 2.45) is 0 Å². The first-order valence-electron chi connectivity index (χ1n) is 37.6. The maximum absolute atomic E-state index is 9.28. The topological polar surface area (TPSA) is 26.3 Å². The van der Waals surface area contributed by atoms with Crippen LogP contribution in [-0.2, 0) is 0 Å². The molecule has 0 bridgehead atoms. The molecular weight excluding hydrogens is 1090 g/mol. The first-order chi connectivity index (χ1) is 51.3. The summed E-state index contributed by atoms with van der Waals surface area (Å²) >= 11 is 0. The van der Waals surface area contributed by atoms with E-state index in [1.54, 1.807) is 66.7 Å². The van der Waals surface area contributed by atoms with E-state index < -0.39 is 48.3 Å². The Hall–Kier alpha value is -11.8. The molecule has 2 heterocycles. The second-order valence-corrected chi connectivity index (χ2v) is 22.1. The lowest BCUT2D eigenvalue weighted by atomic mass is 9.85. The Bertz CT molecular complexity index is 6600. The third kappa shape index (κ3) is 9.04. The summed E-state index contributed by atoms with van der Waals surface area (Å²) in [7, 11) is 0. The van der Waals surface area contributed by atoms with Crippen LogP contribution < -0.4 is 0 Å². The largest absolute Gasteiger partial charge is 0.456 e. The zero-order valence-electron chi connectivity index (χ0n) is 63.9. The van der Waals surface area contributed by atoms with Gasteiger partial charge in [0.05, 0.1) is 21.9 Å². The summed E-state index contributed by atoms with van der Waals surface area (Å²) in [5.74, 6) is 0. The number of hydrogen-bond donors (Lipinski definition) is 0. The van der Waals surface area contributed by atoms with E-state index >= 15 is 0 Å². The Morgan fingerprint density at radius 2 is 0.500 bits per heavy atom. The number of rotatable bonds is 8. The van der Waals surface area contributed by atoms with E-state index in [1.807, 2.05) is 109 Å². The van der Waals surface area contributed by atoms with Crippen molar-refractivity contribution in [3.63, 3.8) is 0 Å². The maximum atomic E-state index is 9.28. The minimum Gasteiger partial charge on any atom is -0.456 e. The molecule has 0 spiro atoms. The van der Waals surface area contributed by atoms with Crippen LogP contribution in [0.4, 0.5) is 0 Å². The normalized spacial score (nSPS) is 14.0. The molecule has 0 amide bonds. The predicted molar refractivity (Wildman–Crippen MR) is 381 cm³/mol. The van der Waals surface area contributed by atoms with Crippen LogP contribution in [-0.4, -0.2) is 0 Å². The van der Waals surface area contributed by atoms with Crippen molar-refractivity contribution in [2.75, 3.05) is 0 Å². The monoisotopic (exact) mass is 1160 g/mol. The van der Waals surface area contributed by atoms with Gasteiger partial charge in [-0.2, -0.15) is 0 Å². The molecule has 0 fully saturated rings. The summed E-state index contributed by atoms with van der Waals surface area (Å²) in [6, 6.07) is 72.0. The molecule has 2 heteroatoms. The molecule has 0 N–H and O–H groups in total. The van der Waals surface area contributed by atoms with Gasteiger partial charge in [-0.3, -0.25) is 0 Å². The van der Waals surface area contributed by atoms with E-state index in [4.69, 9.17) is 22.5 Å². The lowest BCUT2D eigenvalue weighted by Gasteiger charge is -2.17. The molecule has 0 aliphatic carbocycles. The lowest BCUT2D eigenvalue weighted by molar-refractivity contribution is 0.668. The average molecular weight is 1160 g/mol. The van der Waals surface area contributed by atoms with Gasteiger partial charge >= 0.3 is 0 Å². The molecule has 18 aromatic rings. The van der Waals surface area contributed by atoms with Crippen molar-refractivity contribution in [1.29, 1.82) is 0 Å². The first-order valence-corrected chi connectivity index (χ1v) is 29.6. The molecule has 0 radical (unpaired) electrons. The molecule has 0 unspecified atom stereocenters. The van der Waals surface area contributed by atoms with E-state index in [0.29, 0.717) is 66.8 Å². The highest BCUT2D eigenvalue weighted by atomic mass is 16.3. The summed E-state index contributed by atoms with van der Waals surface area (Å²) in [5, 5.41) is 4.65. The van der Waals surface area contributed by atoms with Crippen LogP contribution in [0.2, 0.25) is 0 Å². The Morgan fingerprint density at radius 3 is 0.978 bits per heavy atom. The molecule has 2 aromatic heterocycles. The number of fused-ring (bicyclic) bond motifs is 10. The zero-order chi connectivity index (χ0) is 73.4. The molecule has 16 aromatic carbocycles. The van der Waals surface area contributed by atoms with Crippen molar-refractivity contribution < 1.29 is 30.8 Å². The van der Waals surface area contributed by atoms with Gasteiger partial charge in [0.25, 0.3) is 0 Å². The molecule has 0 saturated heterocycles. The summed E-state index contributed by atoms with van der Waals surface area (Å²) in [5.41, 5.74) is 14.3.